The molecule has 66 heavy (non-hydrogen) atoms. The van der Waals surface area contributed by atoms with Gasteiger partial charge in [0.1, 0.15) is 22.2 Å². The molecule has 0 bridgehead atoms. The van der Waals surface area contributed by atoms with E-state index in [0.29, 0.717) is 34.0 Å². The molecule has 0 atom stereocenters. The van der Waals surface area contributed by atoms with Gasteiger partial charge >= 0.3 is 0 Å². The molecule has 0 unspecified atom stereocenters. The number of rotatable bonds is 7. The molecule has 310 valence electrons. The van der Waals surface area contributed by atoms with Gasteiger partial charge in [-0.15, -0.1) is 0 Å². The maximum absolute atomic E-state index is 9.98. The van der Waals surface area contributed by atoms with Crippen molar-refractivity contribution in [3.8, 4) is 68.2 Å². The van der Waals surface area contributed by atoms with E-state index in [1.165, 1.54) is 0 Å². The summed E-state index contributed by atoms with van der Waals surface area (Å²) in [7, 11) is 0. The molecule has 0 fully saturated rings. The second kappa shape index (κ2) is 15.6. The average Bonchev–Trinajstić information content (AvgIpc) is 4.02. The van der Waals surface area contributed by atoms with Gasteiger partial charge in [-0.2, -0.15) is 5.26 Å². The Bertz CT molecular complexity index is 4040. The number of hydrogen-bond acceptors (Lipinski definition) is 6. The predicted molar refractivity (Wildman–Crippen MR) is 267 cm³/mol. The molecule has 8 aromatic carbocycles. The van der Waals surface area contributed by atoms with Crippen LogP contribution < -0.4 is 10.6 Å². The number of nitriles is 1. The number of benzene rings is 8. The number of furan rings is 2. The first-order valence-corrected chi connectivity index (χ1v) is 21.8. The molecule has 12 aromatic rings. The number of para-hydroxylation sites is 2. The lowest BCUT2D eigenvalue weighted by Gasteiger charge is -2.21. The van der Waals surface area contributed by atoms with E-state index in [4.69, 9.17) is 23.8 Å². The van der Waals surface area contributed by atoms with Gasteiger partial charge in [-0.25, -0.2) is 15.0 Å². The van der Waals surface area contributed by atoms with Gasteiger partial charge in [-0.3, -0.25) is 0 Å². The molecule has 7 heteroatoms. The van der Waals surface area contributed by atoms with Crippen molar-refractivity contribution in [1.82, 2.24) is 19.5 Å². The van der Waals surface area contributed by atoms with Gasteiger partial charge in [-0.1, -0.05) is 134 Å². The minimum atomic E-state index is 0.491. The summed E-state index contributed by atoms with van der Waals surface area (Å²) in [6.07, 6.45) is 5.99. The maximum Gasteiger partial charge on any atom is 0.164 e. The molecule has 0 saturated heterocycles. The Hall–Kier alpha value is -9.12. The molecule has 0 spiro atoms. The SMILES string of the molecule is C=c1oc2cc(-c3nc(-c4cc(-c5ccccc5)c(-n5c6ccccc6c6cc(C#N)ccc65)c(-c5ccccc5)c4)nc(-c4ccc5c(c4)oc4ccccc45)n3)ccc2/c1=C/C=C\C. The van der Waals surface area contributed by atoms with Crippen LogP contribution >= 0.6 is 0 Å². The van der Waals surface area contributed by atoms with Crippen molar-refractivity contribution in [3.63, 3.8) is 0 Å². The molecule has 4 heterocycles. The average molecular weight is 848 g/mol. The molecular weight excluding hydrogens is 811 g/mol. The standard InChI is InChI=1S/C59H37N5O2/c1-3-4-19-43-36(2)65-54-33-40(25-27-46(43)54)57-61-58(41-26-28-47-45-21-12-14-23-53(45)66-55(47)34-41)63-59(62-57)42-31-48(38-15-7-5-8-16-38)56(49(32-42)39-17-9-6-10-18-39)64-51-22-13-11-20-44(51)50-30-37(35-60)24-29-52(50)64/h3-34H,2H2,1H3/b4-3-,43-19+. The normalized spacial score (nSPS) is 12.1. The van der Waals surface area contributed by atoms with Crippen molar-refractivity contribution in [1.29, 1.82) is 5.26 Å². The van der Waals surface area contributed by atoms with Crippen LogP contribution in [-0.2, 0) is 0 Å². The highest BCUT2D eigenvalue weighted by molar-refractivity contribution is 6.11. The summed E-state index contributed by atoms with van der Waals surface area (Å²) in [4.78, 5) is 15.8. The van der Waals surface area contributed by atoms with Crippen LogP contribution in [0.25, 0.3) is 129 Å². The summed E-state index contributed by atoms with van der Waals surface area (Å²) < 4.78 is 14.9. The summed E-state index contributed by atoms with van der Waals surface area (Å²) in [5.74, 6) is 1.49. The number of aromatic nitrogens is 4. The highest BCUT2D eigenvalue weighted by atomic mass is 16.3. The first-order chi connectivity index (χ1) is 32.5. The van der Waals surface area contributed by atoms with Gasteiger partial charge in [0.05, 0.1) is 28.4 Å². The second-order valence-electron chi connectivity index (χ2n) is 16.3. The van der Waals surface area contributed by atoms with Crippen LogP contribution in [0.3, 0.4) is 0 Å². The Morgan fingerprint density at radius 1 is 0.500 bits per heavy atom. The van der Waals surface area contributed by atoms with Crippen molar-refractivity contribution in [2.45, 2.75) is 6.92 Å². The Morgan fingerprint density at radius 3 is 1.73 bits per heavy atom. The Morgan fingerprint density at radius 2 is 1.06 bits per heavy atom. The van der Waals surface area contributed by atoms with E-state index in [2.05, 4.69) is 126 Å². The second-order valence-corrected chi connectivity index (χ2v) is 16.3. The third kappa shape index (κ3) is 6.39. The van der Waals surface area contributed by atoms with E-state index >= 15 is 0 Å². The largest absolute Gasteiger partial charge is 0.457 e. The molecule has 4 aromatic heterocycles. The molecule has 0 amide bonds. The van der Waals surface area contributed by atoms with E-state index in [-0.39, 0.29) is 0 Å². The van der Waals surface area contributed by atoms with Crippen LogP contribution in [-0.4, -0.2) is 19.5 Å². The topological polar surface area (TPSA) is 93.7 Å². The van der Waals surface area contributed by atoms with E-state index in [1.54, 1.807) is 0 Å². The van der Waals surface area contributed by atoms with E-state index in [9.17, 15) is 5.26 Å². The summed E-state index contributed by atoms with van der Waals surface area (Å²) in [6.45, 7) is 6.18. The van der Waals surface area contributed by atoms with Crippen molar-refractivity contribution >= 4 is 67.4 Å². The van der Waals surface area contributed by atoms with E-state index < -0.39 is 0 Å². The van der Waals surface area contributed by atoms with Gasteiger partial charge in [-0.05, 0) is 84.8 Å². The first kappa shape index (κ1) is 38.5. The summed E-state index contributed by atoms with van der Waals surface area (Å²) in [5, 5.41) is 16.0. The van der Waals surface area contributed by atoms with Gasteiger partial charge in [0.2, 0.25) is 0 Å². The fourth-order valence-corrected chi connectivity index (χ4v) is 9.27. The van der Waals surface area contributed by atoms with Crippen LogP contribution in [0.5, 0.6) is 0 Å². The molecule has 0 radical (unpaired) electrons. The first-order valence-electron chi connectivity index (χ1n) is 21.8. The minimum absolute atomic E-state index is 0.491. The smallest absolute Gasteiger partial charge is 0.164 e. The predicted octanol–water partition coefficient (Wildman–Crippen LogP) is 13.6. The molecule has 0 saturated carbocycles. The quantitative estimate of drug-likeness (QED) is 0.159. The minimum Gasteiger partial charge on any atom is -0.457 e. The molecular formula is C59H37N5O2. The highest BCUT2D eigenvalue weighted by Gasteiger charge is 2.24. The van der Waals surface area contributed by atoms with E-state index in [0.717, 1.165) is 99.0 Å². The molecule has 12 rings (SSSR count). The molecule has 0 aliphatic heterocycles. The highest BCUT2D eigenvalue weighted by Crippen LogP contribution is 2.44. The maximum atomic E-state index is 9.98. The zero-order valence-corrected chi connectivity index (χ0v) is 35.7. The van der Waals surface area contributed by atoms with Crippen molar-refractivity contribution in [2.24, 2.45) is 0 Å². The Balaban J connectivity index is 1.15. The number of nitrogens with zero attached hydrogens (tertiary/aromatic N) is 5. The van der Waals surface area contributed by atoms with Crippen molar-refractivity contribution < 1.29 is 8.83 Å². The van der Waals surface area contributed by atoms with Crippen LogP contribution in [0.2, 0.25) is 0 Å². The zero-order chi connectivity index (χ0) is 44.3. The summed E-state index contributed by atoms with van der Waals surface area (Å²) in [6, 6.07) is 62.2. The van der Waals surface area contributed by atoms with Crippen LogP contribution in [0.4, 0.5) is 0 Å². The summed E-state index contributed by atoms with van der Waals surface area (Å²) in [5.41, 5.74) is 12.9. The van der Waals surface area contributed by atoms with E-state index in [1.807, 2.05) is 91.9 Å². The Labute approximate surface area is 378 Å². The molecule has 7 nitrogen and oxygen atoms in total. The molecule has 0 N–H and O–H groups in total. The van der Waals surface area contributed by atoms with Crippen molar-refractivity contribution in [3.05, 3.63) is 204 Å². The lowest BCUT2D eigenvalue weighted by molar-refractivity contribution is 0.577. The Kier molecular flexibility index (Phi) is 9.11. The third-order valence-electron chi connectivity index (χ3n) is 12.4. The van der Waals surface area contributed by atoms with Crippen molar-refractivity contribution in [2.75, 3.05) is 0 Å². The van der Waals surface area contributed by atoms with Gasteiger partial charge in [0, 0.05) is 60.0 Å². The van der Waals surface area contributed by atoms with Crippen LogP contribution in [0.15, 0.2) is 197 Å². The monoisotopic (exact) mass is 847 g/mol. The fraction of sp³-hybridized carbons (Fsp3) is 0.0169. The lowest BCUT2D eigenvalue weighted by Crippen LogP contribution is -2.17. The third-order valence-corrected chi connectivity index (χ3v) is 12.4. The summed E-state index contributed by atoms with van der Waals surface area (Å²) >= 11 is 0. The number of allylic oxidation sites excluding steroid dienone is 2. The zero-order valence-electron chi connectivity index (χ0n) is 35.7. The van der Waals surface area contributed by atoms with Gasteiger partial charge in [0.15, 0.2) is 17.5 Å². The fourth-order valence-electron chi connectivity index (χ4n) is 9.27. The van der Waals surface area contributed by atoms with Gasteiger partial charge < -0.3 is 13.4 Å². The number of fused-ring (bicyclic) bond motifs is 7. The van der Waals surface area contributed by atoms with Crippen LogP contribution in [0.1, 0.15) is 12.5 Å². The van der Waals surface area contributed by atoms with Gasteiger partial charge in [0.25, 0.3) is 0 Å². The van der Waals surface area contributed by atoms with Crippen LogP contribution in [0, 0.1) is 11.3 Å². The number of hydrogen-bond donors (Lipinski definition) is 0. The molecule has 0 aliphatic rings. The lowest BCUT2D eigenvalue weighted by atomic mass is 9.92. The molecule has 0 aliphatic carbocycles.